The van der Waals surface area contributed by atoms with Crippen molar-refractivity contribution in [2.24, 2.45) is 0 Å². The number of anilines is 1. The van der Waals surface area contributed by atoms with Crippen molar-refractivity contribution >= 4 is 17.4 Å². The molecule has 0 fully saturated rings. The average Bonchev–Trinajstić information content (AvgIpc) is 2.77. The summed E-state index contributed by atoms with van der Waals surface area (Å²) in [5, 5.41) is 18.1. The van der Waals surface area contributed by atoms with Crippen LogP contribution in [0.15, 0.2) is 24.4 Å². The minimum atomic E-state index is -1.04. The SMILES string of the molecule is CC(CC#N)N(C)c1nc2ccccn2c1C(=O)O. The molecule has 2 aromatic rings. The first kappa shape index (κ1) is 12.9. The maximum Gasteiger partial charge on any atom is 0.356 e. The first-order valence-corrected chi connectivity index (χ1v) is 5.86. The fourth-order valence-corrected chi connectivity index (χ4v) is 1.91. The van der Waals surface area contributed by atoms with Crippen molar-refractivity contribution in [3.8, 4) is 6.07 Å². The van der Waals surface area contributed by atoms with E-state index in [9.17, 15) is 9.90 Å². The third-order valence-electron chi connectivity index (χ3n) is 3.10. The second-order valence-electron chi connectivity index (χ2n) is 4.34. The molecule has 0 saturated heterocycles. The standard InChI is InChI=1S/C13H14N4O2/c1-9(6-7-14)16(2)12-11(13(18)19)17-8-4-3-5-10(17)15-12/h3-5,8-9H,6H2,1-2H3,(H,18,19). The summed E-state index contributed by atoms with van der Waals surface area (Å²) in [6.07, 6.45) is 1.97. The Kier molecular flexibility index (Phi) is 3.38. The summed E-state index contributed by atoms with van der Waals surface area (Å²) in [6, 6.07) is 7.28. The van der Waals surface area contributed by atoms with Crippen molar-refractivity contribution in [3.05, 3.63) is 30.1 Å². The number of hydrogen-bond donors (Lipinski definition) is 1. The van der Waals surface area contributed by atoms with Gasteiger partial charge >= 0.3 is 5.97 Å². The number of imidazole rings is 1. The minimum Gasteiger partial charge on any atom is -0.476 e. The molecule has 98 valence electrons. The first-order valence-electron chi connectivity index (χ1n) is 5.86. The number of nitriles is 1. The van der Waals surface area contributed by atoms with Gasteiger partial charge in [-0.15, -0.1) is 0 Å². The molecule has 0 aliphatic carbocycles. The molecule has 0 spiro atoms. The van der Waals surface area contributed by atoms with E-state index in [-0.39, 0.29) is 11.7 Å². The highest BCUT2D eigenvalue weighted by molar-refractivity contribution is 5.93. The van der Waals surface area contributed by atoms with Gasteiger partial charge in [-0.2, -0.15) is 5.26 Å². The van der Waals surface area contributed by atoms with Crippen LogP contribution in [0.1, 0.15) is 23.8 Å². The normalized spacial score (nSPS) is 12.1. The largest absolute Gasteiger partial charge is 0.476 e. The van der Waals surface area contributed by atoms with Gasteiger partial charge in [-0.1, -0.05) is 6.07 Å². The molecule has 0 aromatic carbocycles. The second-order valence-corrected chi connectivity index (χ2v) is 4.34. The fraction of sp³-hybridized carbons (Fsp3) is 0.308. The molecular formula is C13H14N4O2. The Balaban J connectivity index is 2.57. The Labute approximate surface area is 110 Å². The number of carbonyl (C=O) groups is 1. The predicted octanol–water partition coefficient (Wildman–Crippen LogP) is 1.77. The highest BCUT2D eigenvalue weighted by Gasteiger charge is 2.23. The predicted molar refractivity (Wildman–Crippen MR) is 70.2 cm³/mol. The van der Waals surface area contributed by atoms with E-state index in [0.29, 0.717) is 17.9 Å². The number of carboxylic acids is 1. The molecule has 19 heavy (non-hydrogen) atoms. The van der Waals surface area contributed by atoms with Gasteiger partial charge < -0.3 is 10.0 Å². The van der Waals surface area contributed by atoms with Crippen molar-refractivity contribution < 1.29 is 9.90 Å². The van der Waals surface area contributed by atoms with E-state index in [1.165, 1.54) is 4.40 Å². The number of fused-ring (bicyclic) bond motifs is 1. The molecule has 2 rings (SSSR count). The monoisotopic (exact) mass is 258 g/mol. The molecule has 0 aliphatic rings. The average molecular weight is 258 g/mol. The highest BCUT2D eigenvalue weighted by atomic mass is 16.4. The first-order chi connectivity index (χ1) is 9.06. The van der Waals surface area contributed by atoms with Gasteiger partial charge in [-0.25, -0.2) is 9.78 Å². The van der Waals surface area contributed by atoms with Gasteiger partial charge in [0.15, 0.2) is 11.5 Å². The van der Waals surface area contributed by atoms with Crippen molar-refractivity contribution in [1.82, 2.24) is 9.38 Å². The molecule has 6 nitrogen and oxygen atoms in total. The van der Waals surface area contributed by atoms with Crippen LogP contribution in [0.3, 0.4) is 0 Å². The lowest BCUT2D eigenvalue weighted by atomic mass is 10.2. The Bertz CT molecular complexity index is 656. The lowest BCUT2D eigenvalue weighted by Gasteiger charge is -2.23. The van der Waals surface area contributed by atoms with Crippen molar-refractivity contribution in [2.75, 3.05) is 11.9 Å². The molecule has 0 radical (unpaired) electrons. The molecule has 0 aliphatic heterocycles. The summed E-state index contributed by atoms with van der Waals surface area (Å²) in [7, 11) is 1.75. The van der Waals surface area contributed by atoms with Crippen molar-refractivity contribution in [2.45, 2.75) is 19.4 Å². The molecule has 0 saturated carbocycles. The molecule has 0 bridgehead atoms. The number of carboxylic acid groups (broad SMARTS) is 1. The second kappa shape index (κ2) is 4.98. The van der Waals surface area contributed by atoms with Gasteiger partial charge in [0.1, 0.15) is 5.65 Å². The molecule has 1 atom stereocenters. The molecular weight excluding hydrogens is 244 g/mol. The lowest BCUT2D eigenvalue weighted by Crippen LogP contribution is -2.30. The van der Waals surface area contributed by atoms with Crippen molar-refractivity contribution in [1.29, 1.82) is 5.26 Å². The van der Waals surface area contributed by atoms with Crippen LogP contribution >= 0.6 is 0 Å². The lowest BCUT2D eigenvalue weighted by molar-refractivity contribution is 0.0690. The Morgan fingerprint density at radius 2 is 2.37 bits per heavy atom. The van der Waals surface area contributed by atoms with Gasteiger partial charge in [0.05, 0.1) is 12.5 Å². The number of aromatic carboxylic acids is 1. The van der Waals surface area contributed by atoms with E-state index >= 15 is 0 Å². The Morgan fingerprint density at radius 3 is 3.00 bits per heavy atom. The van der Waals surface area contributed by atoms with E-state index in [2.05, 4.69) is 11.1 Å². The number of aromatic nitrogens is 2. The number of pyridine rings is 1. The van der Waals surface area contributed by atoms with E-state index in [1.54, 1.807) is 36.3 Å². The van der Waals surface area contributed by atoms with Gasteiger partial charge in [0.2, 0.25) is 0 Å². The van der Waals surface area contributed by atoms with E-state index < -0.39 is 5.97 Å². The molecule has 6 heteroatoms. The van der Waals surface area contributed by atoms with Crippen LogP contribution in [0.4, 0.5) is 5.82 Å². The van der Waals surface area contributed by atoms with Gasteiger partial charge in [0, 0.05) is 19.3 Å². The van der Waals surface area contributed by atoms with E-state index in [1.807, 2.05) is 6.92 Å². The molecule has 2 aromatic heterocycles. The summed E-state index contributed by atoms with van der Waals surface area (Å²) < 4.78 is 1.53. The molecule has 1 N–H and O–H groups in total. The molecule has 1 unspecified atom stereocenters. The van der Waals surface area contributed by atoms with Crippen molar-refractivity contribution in [3.63, 3.8) is 0 Å². The molecule has 0 amide bonds. The van der Waals surface area contributed by atoms with Crippen LogP contribution in [0, 0.1) is 11.3 Å². The third kappa shape index (κ3) is 2.22. The zero-order chi connectivity index (χ0) is 14.0. The number of nitrogens with zero attached hydrogens (tertiary/aromatic N) is 4. The summed E-state index contributed by atoms with van der Waals surface area (Å²) in [4.78, 5) is 17.5. The fourth-order valence-electron chi connectivity index (χ4n) is 1.91. The summed E-state index contributed by atoms with van der Waals surface area (Å²) in [5.41, 5.74) is 0.689. The van der Waals surface area contributed by atoms with E-state index in [0.717, 1.165) is 0 Å². The van der Waals surface area contributed by atoms with Crippen LogP contribution in [-0.4, -0.2) is 33.6 Å². The smallest absolute Gasteiger partial charge is 0.356 e. The minimum absolute atomic E-state index is 0.104. The third-order valence-corrected chi connectivity index (χ3v) is 3.10. The topological polar surface area (TPSA) is 81.6 Å². The van der Waals surface area contributed by atoms with Crippen LogP contribution in [0.2, 0.25) is 0 Å². The number of rotatable bonds is 4. The zero-order valence-electron chi connectivity index (χ0n) is 10.7. The Morgan fingerprint density at radius 1 is 1.63 bits per heavy atom. The van der Waals surface area contributed by atoms with Gasteiger partial charge in [-0.3, -0.25) is 4.40 Å². The maximum absolute atomic E-state index is 11.4. The molecule has 2 heterocycles. The highest BCUT2D eigenvalue weighted by Crippen LogP contribution is 2.23. The van der Waals surface area contributed by atoms with Crippen LogP contribution in [0.5, 0.6) is 0 Å². The summed E-state index contributed by atoms with van der Waals surface area (Å²) in [5.74, 6) is -0.661. The number of hydrogen-bond acceptors (Lipinski definition) is 4. The van der Waals surface area contributed by atoms with Gasteiger partial charge in [0.25, 0.3) is 0 Å². The quantitative estimate of drug-likeness (QED) is 0.903. The zero-order valence-corrected chi connectivity index (χ0v) is 10.7. The maximum atomic E-state index is 11.4. The van der Waals surface area contributed by atoms with Gasteiger partial charge in [-0.05, 0) is 19.1 Å². The van der Waals surface area contributed by atoms with Crippen LogP contribution in [0.25, 0.3) is 5.65 Å². The Hall–Kier alpha value is -2.55. The summed E-state index contributed by atoms with van der Waals surface area (Å²) in [6.45, 7) is 1.86. The van der Waals surface area contributed by atoms with E-state index in [4.69, 9.17) is 5.26 Å². The van der Waals surface area contributed by atoms with Crippen LogP contribution in [-0.2, 0) is 0 Å². The summed E-state index contributed by atoms with van der Waals surface area (Å²) >= 11 is 0. The van der Waals surface area contributed by atoms with Crippen LogP contribution < -0.4 is 4.90 Å².